The lowest BCUT2D eigenvalue weighted by atomic mass is 9.93. The normalized spacial score (nSPS) is 19.4. The molecule has 1 atom stereocenters. The Kier molecular flexibility index (Phi) is 4.90. The van der Waals surface area contributed by atoms with Gasteiger partial charge in [0.25, 0.3) is 11.8 Å². The zero-order valence-electron chi connectivity index (χ0n) is 14.0. The zero-order chi connectivity index (χ0) is 18.7. The van der Waals surface area contributed by atoms with Gasteiger partial charge < -0.3 is 5.32 Å². The lowest BCUT2D eigenvalue weighted by Gasteiger charge is -2.21. The second-order valence-corrected chi connectivity index (χ2v) is 6.58. The Morgan fingerprint density at radius 1 is 1.27 bits per heavy atom. The van der Waals surface area contributed by atoms with E-state index >= 15 is 0 Å². The number of hydrogen-bond donors (Lipinski definition) is 2. The van der Waals surface area contributed by atoms with Gasteiger partial charge >= 0.3 is 6.03 Å². The van der Waals surface area contributed by atoms with Gasteiger partial charge in [0.15, 0.2) is 0 Å². The molecule has 2 heterocycles. The molecular weight excluding hydrogens is 356 g/mol. The summed E-state index contributed by atoms with van der Waals surface area (Å²) in [5.41, 5.74) is 2.49. The molecule has 0 saturated carbocycles. The number of carbonyl (C=O) groups is 3. The monoisotopic (exact) mass is 372 g/mol. The minimum atomic E-state index is -1.09. The summed E-state index contributed by atoms with van der Waals surface area (Å²) in [5.74, 6) is -1.13. The topological polar surface area (TPSA) is 91.4 Å². The molecule has 0 spiro atoms. The Bertz CT molecular complexity index is 859. The molecule has 1 aromatic heterocycles. The summed E-state index contributed by atoms with van der Waals surface area (Å²) in [5, 5.41) is 3.50. The van der Waals surface area contributed by atoms with Gasteiger partial charge in [-0.25, -0.2) is 9.78 Å². The van der Waals surface area contributed by atoms with Crippen molar-refractivity contribution in [2.45, 2.75) is 25.3 Å². The van der Waals surface area contributed by atoms with E-state index in [2.05, 4.69) is 15.7 Å². The van der Waals surface area contributed by atoms with Crippen LogP contribution in [0.5, 0.6) is 0 Å². The summed E-state index contributed by atoms with van der Waals surface area (Å²) >= 11 is 5.76. The number of aromatic nitrogens is 1. The predicted molar refractivity (Wildman–Crippen MR) is 95.3 cm³/mol. The predicted octanol–water partition coefficient (Wildman–Crippen LogP) is 2.32. The molecule has 0 unspecified atom stereocenters. The van der Waals surface area contributed by atoms with Crippen LogP contribution in [0.4, 0.5) is 4.79 Å². The van der Waals surface area contributed by atoms with E-state index in [4.69, 9.17) is 11.6 Å². The van der Waals surface area contributed by atoms with Crippen LogP contribution in [-0.2, 0) is 11.2 Å². The molecule has 8 heteroatoms. The minimum Gasteiger partial charge on any atom is -0.322 e. The van der Waals surface area contributed by atoms with E-state index in [1.54, 1.807) is 6.92 Å². The summed E-state index contributed by atoms with van der Waals surface area (Å²) in [4.78, 5) is 40.9. The zero-order valence-corrected chi connectivity index (χ0v) is 14.8. The fourth-order valence-electron chi connectivity index (χ4n) is 2.70. The first kappa shape index (κ1) is 17.9. The molecule has 2 N–H and O–H groups in total. The van der Waals surface area contributed by atoms with E-state index in [0.717, 1.165) is 5.56 Å². The molecule has 1 aromatic carbocycles. The highest BCUT2D eigenvalue weighted by Gasteiger charge is 2.48. The number of imide groups is 1. The van der Waals surface area contributed by atoms with Crippen molar-refractivity contribution in [1.29, 1.82) is 0 Å². The number of amides is 4. The van der Waals surface area contributed by atoms with Crippen molar-refractivity contribution in [3.8, 4) is 0 Å². The molecule has 2 aromatic rings. The Hall–Kier alpha value is -2.93. The summed E-state index contributed by atoms with van der Waals surface area (Å²) in [7, 11) is 0. The van der Waals surface area contributed by atoms with Gasteiger partial charge in [-0.3, -0.25) is 15.0 Å². The van der Waals surface area contributed by atoms with Gasteiger partial charge in [-0.1, -0.05) is 41.9 Å². The van der Waals surface area contributed by atoms with Gasteiger partial charge in [0.2, 0.25) is 0 Å². The Labute approximate surface area is 155 Å². The van der Waals surface area contributed by atoms with Gasteiger partial charge in [-0.05, 0) is 37.5 Å². The number of halogens is 1. The molecule has 0 bridgehead atoms. The molecule has 4 amide bonds. The number of hydrazine groups is 1. The molecule has 7 nitrogen and oxygen atoms in total. The Morgan fingerprint density at radius 3 is 2.69 bits per heavy atom. The van der Waals surface area contributed by atoms with Gasteiger partial charge in [-0.2, -0.15) is 5.01 Å². The SMILES string of the molecule is C[C@@]1(CCc2ccccc2)NC(=O)N(NC(=O)c2ccnc(Cl)c2)C1=O. The second-order valence-electron chi connectivity index (χ2n) is 6.20. The second kappa shape index (κ2) is 7.13. The van der Waals surface area contributed by atoms with Crippen molar-refractivity contribution < 1.29 is 14.4 Å². The van der Waals surface area contributed by atoms with Gasteiger partial charge in [0.05, 0.1) is 0 Å². The number of rotatable bonds is 5. The van der Waals surface area contributed by atoms with E-state index < -0.39 is 23.4 Å². The van der Waals surface area contributed by atoms with E-state index in [-0.39, 0.29) is 10.7 Å². The maximum Gasteiger partial charge on any atom is 0.344 e. The number of benzene rings is 1. The summed E-state index contributed by atoms with van der Waals surface area (Å²) in [6.45, 7) is 1.64. The third-order valence-electron chi connectivity index (χ3n) is 4.22. The number of pyridine rings is 1. The molecule has 1 aliphatic heterocycles. The number of urea groups is 1. The van der Waals surface area contributed by atoms with Crippen LogP contribution < -0.4 is 10.7 Å². The highest BCUT2D eigenvalue weighted by molar-refractivity contribution is 6.29. The van der Waals surface area contributed by atoms with Crippen molar-refractivity contribution in [2.75, 3.05) is 0 Å². The third-order valence-corrected chi connectivity index (χ3v) is 4.43. The third kappa shape index (κ3) is 3.67. The smallest absolute Gasteiger partial charge is 0.322 e. The quantitative estimate of drug-likeness (QED) is 0.622. The van der Waals surface area contributed by atoms with Crippen LogP contribution in [-0.4, -0.2) is 33.4 Å². The van der Waals surface area contributed by atoms with Crippen LogP contribution in [0, 0.1) is 0 Å². The average molecular weight is 373 g/mol. The number of hydrogen-bond acceptors (Lipinski definition) is 4. The molecule has 1 fully saturated rings. The largest absolute Gasteiger partial charge is 0.344 e. The fraction of sp³-hybridized carbons (Fsp3) is 0.222. The van der Waals surface area contributed by atoms with Crippen LogP contribution in [0.2, 0.25) is 5.15 Å². The number of nitrogens with zero attached hydrogens (tertiary/aromatic N) is 2. The first-order valence-electron chi connectivity index (χ1n) is 8.02. The molecule has 0 radical (unpaired) electrons. The number of carbonyl (C=O) groups excluding carboxylic acids is 3. The molecule has 0 aliphatic carbocycles. The molecule has 1 saturated heterocycles. The average Bonchev–Trinajstić information content (AvgIpc) is 2.84. The van der Waals surface area contributed by atoms with Crippen LogP contribution >= 0.6 is 11.6 Å². The first-order chi connectivity index (χ1) is 12.4. The van der Waals surface area contributed by atoms with Gasteiger partial charge in [0.1, 0.15) is 10.7 Å². The first-order valence-corrected chi connectivity index (χ1v) is 8.40. The molecule has 134 valence electrons. The van der Waals surface area contributed by atoms with Crippen LogP contribution in [0.3, 0.4) is 0 Å². The van der Waals surface area contributed by atoms with Crippen LogP contribution in [0.15, 0.2) is 48.7 Å². The Morgan fingerprint density at radius 2 is 2.00 bits per heavy atom. The summed E-state index contributed by atoms with van der Waals surface area (Å²) < 4.78 is 0. The van der Waals surface area contributed by atoms with Crippen LogP contribution in [0.25, 0.3) is 0 Å². The van der Waals surface area contributed by atoms with Crippen molar-refractivity contribution in [3.63, 3.8) is 0 Å². The molecule has 26 heavy (non-hydrogen) atoms. The van der Waals surface area contributed by atoms with Crippen molar-refractivity contribution in [1.82, 2.24) is 20.7 Å². The standard InChI is InChI=1S/C18H17ClN4O3/c1-18(9-7-12-5-3-2-4-6-12)16(25)23(17(26)21-18)22-15(24)13-8-10-20-14(19)11-13/h2-6,8,10-11H,7,9H2,1H3,(H,21,26)(H,22,24)/t18-/m0/s1. The lowest BCUT2D eigenvalue weighted by Crippen LogP contribution is -2.48. The lowest BCUT2D eigenvalue weighted by molar-refractivity contribution is -0.132. The van der Waals surface area contributed by atoms with E-state index in [1.807, 2.05) is 30.3 Å². The Balaban J connectivity index is 1.69. The van der Waals surface area contributed by atoms with Crippen molar-refractivity contribution in [2.24, 2.45) is 0 Å². The summed E-state index contributed by atoms with van der Waals surface area (Å²) in [6.07, 6.45) is 2.40. The van der Waals surface area contributed by atoms with Gasteiger partial charge in [-0.15, -0.1) is 0 Å². The maximum atomic E-state index is 12.7. The van der Waals surface area contributed by atoms with E-state index in [9.17, 15) is 14.4 Å². The highest BCUT2D eigenvalue weighted by Crippen LogP contribution is 2.22. The van der Waals surface area contributed by atoms with E-state index in [1.165, 1.54) is 18.3 Å². The molecular formula is C18H17ClN4O3. The fourth-order valence-corrected chi connectivity index (χ4v) is 2.88. The van der Waals surface area contributed by atoms with Crippen LogP contribution in [0.1, 0.15) is 29.3 Å². The minimum absolute atomic E-state index is 0.141. The van der Waals surface area contributed by atoms with Gasteiger partial charge in [0, 0.05) is 11.8 Å². The number of aryl methyl sites for hydroxylation is 1. The highest BCUT2D eigenvalue weighted by atomic mass is 35.5. The number of nitrogens with one attached hydrogen (secondary N) is 2. The molecule has 1 aliphatic rings. The maximum absolute atomic E-state index is 12.7. The molecule has 3 rings (SSSR count). The van der Waals surface area contributed by atoms with Crippen molar-refractivity contribution in [3.05, 3.63) is 64.9 Å². The van der Waals surface area contributed by atoms with Crippen molar-refractivity contribution >= 4 is 29.4 Å². The summed E-state index contributed by atoms with van der Waals surface area (Å²) in [6, 6.07) is 11.8. The van der Waals surface area contributed by atoms with E-state index in [0.29, 0.717) is 17.9 Å².